The predicted octanol–water partition coefficient (Wildman–Crippen LogP) is 3.75. The van der Waals surface area contributed by atoms with E-state index in [4.69, 9.17) is 4.74 Å². The summed E-state index contributed by atoms with van der Waals surface area (Å²) < 4.78 is 32.4. The fourth-order valence-corrected chi connectivity index (χ4v) is 5.89. The van der Waals surface area contributed by atoms with Crippen LogP contribution in [0.2, 0.25) is 0 Å². The summed E-state index contributed by atoms with van der Waals surface area (Å²) in [5.74, 6) is -0.293. The molecular weight excluding hydrogens is 462 g/mol. The van der Waals surface area contributed by atoms with Gasteiger partial charge in [0.2, 0.25) is 10.0 Å². The standard InChI is InChI=1S/C27H27N3O4S/c31-27(21-10-12-22(13-11-21)35(32,33)30-14-16-34-17-15-30)29-18-24(20-6-2-1-3-7-20)25-19-28-26-9-5-4-8-23(25)26/h1-13,19,24,28H,14-18H2,(H,29,31). The van der Waals surface area contributed by atoms with Crippen molar-refractivity contribution < 1.29 is 17.9 Å². The van der Waals surface area contributed by atoms with Crippen LogP contribution in [0.5, 0.6) is 0 Å². The first-order valence-corrected chi connectivity index (χ1v) is 13.0. The monoisotopic (exact) mass is 489 g/mol. The molecule has 1 aliphatic rings. The van der Waals surface area contributed by atoms with E-state index in [1.165, 1.54) is 16.4 Å². The molecule has 7 nitrogen and oxygen atoms in total. The molecule has 2 N–H and O–H groups in total. The number of hydrogen-bond acceptors (Lipinski definition) is 4. The van der Waals surface area contributed by atoms with Crippen LogP contribution in [0.25, 0.3) is 10.9 Å². The average Bonchev–Trinajstić information content (AvgIpc) is 3.34. The number of H-pyrrole nitrogens is 1. The molecule has 4 aromatic rings. The number of amides is 1. The van der Waals surface area contributed by atoms with Crippen LogP contribution in [-0.4, -0.2) is 56.5 Å². The zero-order valence-electron chi connectivity index (χ0n) is 19.2. The van der Waals surface area contributed by atoms with Crippen LogP contribution in [0.1, 0.15) is 27.4 Å². The highest BCUT2D eigenvalue weighted by Crippen LogP contribution is 2.30. The third kappa shape index (κ3) is 4.86. The van der Waals surface area contributed by atoms with Crippen molar-refractivity contribution in [3.05, 3.63) is 102 Å². The Labute approximate surface area is 204 Å². The van der Waals surface area contributed by atoms with E-state index >= 15 is 0 Å². The minimum absolute atomic E-state index is 0.0442. The second kappa shape index (κ2) is 10.0. The number of nitrogens with zero attached hydrogens (tertiary/aromatic N) is 1. The fourth-order valence-electron chi connectivity index (χ4n) is 4.49. The molecule has 180 valence electrons. The van der Waals surface area contributed by atoms with Gasteiger partial charge >= 0.3 is 0 Å². The first kappa shape index (κ1) is 23.3. The second-order valence-electron chi connectivity index (χ2n) is 8.50. The van der Waals surface area contributed by atoms with Gasteiger partial charge in [0.25, 0.3) is 5.91 Å². The highest BCUT2D eigenvalue weighted by molar-refractivity contribution is 7.89. The molecule has 1 unspecified atom stereocenters. The van der Waals surface area contributed by atoms with Gasteiger partial charge in [0.05, 0.1) is 18.1 Å². The SMILES string of the molecule is O=C(NCC(c1ccccc1)c1c[nH]c2ccccc12)c1ccc(S(=O)(=O)N2CCOCC2)cc1. The summed E-state index contributed by atoms with van der Waals surface area (Å²) in [5.41, 5.74) is 3.67. The number of sulfonamides is 1. The van der Waals surface area contributed by atoms with Crippen molar-refractivity contribution in [2.45, 2.75) is 10.8 Å². The van der Waals surface area contributed by atoms with Crippen LogP contribution in [0.3, 0.4) is 0 Å². The maximum Gasteiger partial charge on any atom is 0.251 e. The van der Waals surface area contributed by atoms with Gasteiger partial charge in [-0.05, 0) is 41.5 Å². The number of carbonyl (C=O) groups excluding carboxylic acids is 1. The van der Waals surface area contributed by atoms with Crippen molar-refractivity contribution in [3.63, 3.8) is 0 Å². The molecule has 1 aliphatic heterocycles. The number of benzene rings is 3. The Hall–Kier alpha value is -3.46. The molecular formula is C27H27N3O4S. The lowest BCUT2D eigenvalue weighted by atomic mass is 9.91. The number of carbonyl (C=O) groups is 1. The largest absolute Gasteiger partial charge is 0.379 e. The maximum atomic E-state index is 13.0. The van der Waals surface area contributed by atoms with E-state index in [1.807, 2.05) is 42.6 Å². The number of hydrogen-bond donors (Lipinski definition) is 2. The summed E-state index contributed by atoms with van der Waals surface area (Å²) in [7, 11) is -3.60. The Morgan fingerprint density at radius 2 is 1.63 bits per heavy atom. The topological polar surface area (TPSA) is 91.5 Å². The van der Waals surface area contributed by atoms with Gasteiger partial charge < -0.3 is 15.0 Å². The second-order valence-corrected chi connectivity index (χ2v) is 10.4. The lowest BCUT2D eigenvalue weighted by Gasteiger charge is -2.26. The summed E-state index contributed by atoms with van der Waals surface area (Å²) in [6.45, 7) is 1.84. The molecule has 1 fully saturated rings. The zero-order valence-corrected chi connectivity index (χ0v) is 20.0. The van der Waals surface area contributed by atoms with Crippen LogP contribution in [0, 0.1) is 0 Å². The van der Waals surface area contributed by atoms with Crippen LogP contribution >= 0.6 is 0 Å². The normalized spacial score (nSPS) is 15.7. The molecule has 8 heteroatoms. The van der Waals surface area contributed by atoms with Crippen LogP contribution in [-0.2, 0) is 14.8 Å². The zero-order chi connectivity index (χ0) is 24.3. The van der Waals surface area contributed by atoms with E-state index in [0.29, 0.717) is 38.4 Å². The Kier molecular flexibility index (Phi) is 6.68. The number of morpholine rings is 1. The van der Waals surface area contributed by atoms with Gasteiger partial charge in [0.1, 0.15) is 0 Å². The van der Waals surface area contributed by atoms with Gasteiger partial charge in [-0.15, -0.1) is 0 Å². The molecule has 3 aromatic carbocycles. The van der Waals surface area contributed by atoms with Crippen LogP contribution in [0.4, 0.5) is 0 Å². The summed E-state index contributed by atoms with van der Waals surface area (Å²) in [6.07, 6.45) is 2.00. The lowest BCUT2D eigenvalue weighted by Crippen LogP contribution is -2.40. The third-order valence-corrected chi connectivity index (χ3v) is 8.30. The van der Waals surface area contributed by atoms with Crippen molar-refractivity contribution in [2.75, 3.05) is 32.8 Å². The van der Waals surface area contributed by atoms with Crippen LogP contribution < -0.4 is 5.32 Å². The number of ether oxygens (including phenoxy) is 1. The Balaban J connectivity index is 1.34. The number of aromatic nitrogens is 1. The Bertz CT molecular complexity index is 1410. The molecule has 5 rings (SSSR count). The summed E-state index contributed by atoms with van der Waals surface area (Å²) in [6, 6.07) is 24.3. The average molecular weight is 490 g/mol. The van der Waals surface area contributed by atoms with E-state index < -0.39 is 10.0 Å². The number of nitrogens with one attached hydrogen (secondary N) is 2. The molecule has 0 aliphatic carbocycles. The van der Waals surface area contributed by atoms with E-state index in [2.05, 4.69) is 28.5 Å². The van der Waals surface area contributed by atoms with E-state index in [1.54, 1.807) is 12.1 Å². The Morgan fingerprint density at radius 1 is 0.943 bits per heavy atom. The summed E-state index contributed by atoms with van der Waals surface area (Å²) in [5, 5.41) is 4.16. The summed E-state index contributed by atoms with van der Waals surface area (Å²) >= 11 is 0. The van der Waals surface area contributed by atoms with E-state index in [0.717, 1.165) is 22.0 Å². The van der Waals surface area contributed by atoms with Gasteiger partial charge in [-0.3, -0.25) is 4.79 Å². The van der Waals surface area contributed by atoms with Crippen molar-refractivity contribution in [2.24, 2.45) is 0 Å². The van der Waals surface area contributed by atoms with E-state index in [-0.39, 0.29) is 16.7 Å². The first-order valence-electron chi connectivity index (χ1n) is 11.6. The smallest absolute Gasteiger partial charge is 0.251 e. The lowest BCUT2D eigenvalue weighted by molar-refractivity contribution is 0.0730. The quantitative estimate of drug-likeness (QED) is 0.414. The third-order valence-electron chi connectivity index (χ3n) is 6.39. The number of rotatable bonds is 7. The molecule has 1 saturated heterocycles. The van der Waals surface area contributed by atoms with Gasteiger partial charge in [-0.1, -0.05) is 48.5 Å². The number of aromatic amines is 1. The minimum atomic E-state index is -3.60. The van der Waals surface area contributed by atoms with Crippen molar-refractivity contribution in [1.82, 2.24) is 14.6 Å². The molecule has 35 heavy (non-hydrogen) atoms. The van der Waals surface area contributed by atoms with E-state index in [9.17, 15) is 13.2 Å². The fraction of sp³-hybridized carbons (Fsp3) is 0.222. The Morgan fingerprint density at radius 3 is 2.37 bits per heavy atom. The van der Waals surface area contributed by atoms with Crippen molar-refractivity contribution in [1.29, 1.82) is 0 Å². The highest BCUT2D eigenvalue weighted by Gasteiger charge is 2.26. The van der Waals surface area contributed by atoms with Crippen molar-refractivity contribution >= 4 is 26.8 Å². The molecule has 1 aromatic heterocycles. The predicted molar refractivity (Wildman–Crippen MR) is 135 cm³/mol. The molecule has 2 heterocycles. The molecule has 0 saturated carbocycles. The maximum absolute atomic E-state index is 13.0. The molecule has 0 radical (unpaired) electrons. The van der Waals surface area contributed by atoms with Gasteiger partial charge in [-0.2, -0.15) is 4.31 Å². The number of fused-ring (bicyclic) bond motifs is 1. The van der Waals surface area contributed by atoms with Crippen LogP contribution in [0.15, 0.2) is 90.0 Å². The van der Waals surface area contributed by atoms with Gasteiger partial charge in [0, 0.05) is 48.2 Å². The van der Waals surface area contributed by atoms with Crippen molar-refractivity contribution in [3.8, 4) is 0 Å². The molecule has 1 atom stereocenters. The molecule has 1 amide bonds. The van der Waals surface area contributed by atoms with Gasteiger partial charge in [-0.25, -0.2) is 8.42 Å². The molecule has 0 spiro atoms. The highest BCUT2D eigenvalue weighted by atomic mass is 32.2. The number of para-hydroxylation sites is 1. The van der Waals surface area contributed by atoms with Gasteiger partial charge in [0.15, 0.2) is 0 Å². The first-order chi connectivity index (χ1) is 17.0. The minimum Gasteiger partial charge on any atom is -0.379 e. The molecule has 0 bridgehead atoms. The summed E-state index contributed by atoms with van der Waals surface area (Å²) in [4.78, 5) is 16.5.